The molecule has 1 heterocycles. The molecule has 0 aromatic carbocycles. The molecule has 0 bridgehead atoms. The summed E-state index contributed by atoms with van der Waals surface area (Å²) in [4.78, 5) is 4.35. The van der Waals surface area contributed by atoms with Crippen LogP contribution in [-0.4, -0.2) is 17.6 Å². The van der Waals surface area contributed by atoms with Gasteiger partial charge in [0.05, 0.1) is 0 Å². The molecule has 1 fully saturated rings. The van der Waals surface area contributed by atoms with E-state index in [-0.39, 0.29) is 0 Å². The highest BCUT2D eigenvalue weighted by molar-refractivity contribution is 5.20. The Morgan fingerprint density at radius 2 is 2.10 bits per heavy atom. The standard InChI is InChI=1S/C17H28N2O/c1-4-10-18-13-14-7-11-19-16(12-14)20-15-5-8-17(2,3)9-6-15/h7,11-12,15,18H,4-6,8-10,13H2,1-3H3. The van der Waals surface area contributed by atoms with Crippen molar-refractivity contribution in [2.75, 3.05) is 6.54 Å². The molecule has 1 saturated carbocycles. The average molecular weight is 276 g/mol. The largest absolute Gasteiger partial charge is 0.474 e. The van der Waals surface area contributed by atoms with Gasteiger partial charge in [0.25, 0.3) is 0 Å². The van der Waals surface area contributed by atoms with Crippen LogP contribution < -0.4 is 10.1 Å². The zero-order valence-electron chi connectivity index (χ0n) is 13.1. The van der Waals surface area contributed by atoms with Crippen LogP contribution in [0.2, 0.25) is 0 Å². The molecule has 3 nitrogen and oxygen atoms in total. The van der Waals surface area contributed by atoms with E-state index in [1.807, 2.05) is 6.20 Å². The highest BCUT2D eigenvalue weighted by atomic mass is 16.5. The maximum Gasteiger partial charge on any atom is 0.213 e. The Balaban J connectivity index is 1.85. The molecule has 1 aliphatic rings. The van der Waals surface area contributed by atoms with Gasteiger partial charge in [-0.05, 0) is 55.7 Å². The number of ether oxygens (including phenoxy) is 1. The van der Waals surface area contributed by atoms with Gasteiger partial charge in [-0.3, -0.25) is 0 Å². The second kappa shape index (κ2) is 7.07. The summed E-state index contributed by atoms with van der Waals surface area (Å²) in [6.07, 6.45) is 8.14. The number of aromatic nitrogens is 1. The lowest BCUT2D eigenvalue weighted by Crippen LogP contribution is -2.28. The Morgan fingerprint density at radius 3 is 2.80 bits per heavy atom. The molecule has 0 atom stereocenters. The van der Waals surface area contributed by atoms with Crippen molar-refractivity contribution in [1.82, 2.24) is 10.3 Å². The molecule has 0 saturated heterocycles. The van der Waals surface area contributed by atoms with Gasteiger partial charge in [0.2, 0.25) is 5.88 Å². The molecular formula is C17H28N2O. The summed E-state index contributed by atoms with van der Waals surface area (Å²) in [6, 6.07) is 4.13. The van der Waals surface area contributed by atoms with Crippen LogP contribution in [0.25, 0.3) is 0 Å². The fourth-order valence-electron chi connectivity index (χ4n) is 2.70. The molecule has 0 unspecified atom stereocenters. The summed E-state index contributed by atoms with van der Waals surface area (Å²) >= 11 is 0. The van der Waals surface area contributed by atoms with Crippen molar-refractivity contribution >= 4 is 0 Å². The minimum Gasteiger partial charge on any atom is -0.474 e. The summed E-state index contributed by atoms with van der Waals surface area (Å²) in [5.74, 6) is 0.783. The molecule has 112 valence electrons. The van der Waals surface area contributed by atoms with Crippen LogP contribution in [0.3, 0.4) is 0 Å². The molecular weight excluding hydrogens is 248 g/mol. The molecule has 1 aromatic rings. The Morgan fingerprint density at radius 1 is 1.35 bits per heavy atom. The lowest BCUT2D eigenvalue weighted by molar-refractivity contribution is 0.0948. The van der Waals surface area contributed by atoms with Gasteiger partial charge in [-0.2, -0.15) is 0 Å². The average Bonchev–Trinajstić information content (AvgIpc) is 2.42. The minimum absolute atomic E-state index is 0.342. The summed E-state index contributed by atoms with van der Waals surface area (Å²) in [7, 11) is 0. The van der Waals surface area contributed by atoms with Crippen LogP contribution in [0.5, 0.6) is 5.88 Å². The van der Waals surface area contributed by atoms with Crippen molar-refractivity contribution in [2.45, 2.75) is 65.5 Å². The van der Waals surface area contributed by atoms with Crippen LogP contribution in [0, 0.1) is 5.41 Å². The van der Waals surface area contributed by atoms with E-state index >= 15 is 0 Å². The first-order valence-electron chi connectivity index (χ1n) is 7.91. The number of rotatable bonds is 6. The Bertz CT molecular complexity index is 407. The van der Waals surface area contributed by atoms with E-state index in [4.69, 9.17) is 4.74 Å². The predicted molar refractivity (Wildman–Crippen MR) is 82.9 cm³/mol. The second-order valence-corrected chi connectivity index (χ2v) is 6.66. The van der Waals surface area contributed by atoms with Crippen LogP contribution in [0.1, 0.15) is 58.4 Å². The van der Waals surface area contributed by atoms with Gasteiger partial charge >= 0.3 is 0 Å². The van der Waals surface area contributed by atoms with Crippen LogP contribution in [-0.2, 0) is 6.54 Å². The molecule has 1 N–H and O–H groups in total. The molecule has 1 aliphatic carbocycles. The number of nitrogens with one attached hydrogen (secondary N) is 1. The van der Waals surface area contributed by atoms with Gasteiger partial charge in [0.15, 0.2) is 0 Å². The Kier molecular flexibility index (Phi) is 5.41. The molecule has 2 rings (SSSR count). The number of hydrogen-bond acceptors (Lipinski definition) is 3. The summed E-state index contributed by atoms with van der Waals surface area (Å²) in [5, 5.41) is 3.41. The molecule has 0 spiro atoms. The van der Waals surface area contributed by atoms with Gasteiger partial charge in [-0.25, -0.2) is 4.98 Å². The van der Waals surface area contributed by atoms with Crippen molar-refractivity contribution in [3.05, 3.63) is 23.9 Å². The molecule has 3 heteroatoms. The fourth-order valence-corrected chi connectivity index (χ4v) is 2.70. The van der Waals surface area contributed by atoms with Crippen molar-refractivity contribution in [1.29, 1.82) is 0 Å². The van der Waals surface area contributed by atoms with Gasteiger partial charge in [0.1, 0.15) is 6.10 Å². The van der Waals surface area contributed by atoms with E-state index < -0.39 is 0 Å². The zero-order valence-corrected chi connectivity index (χ0v) is 13.1. The zero-order chi connectivity index (χ0) is 14.4. The maximum absolute atomic E-state index is 6.06. The normalized spacial score (nSPS) is 18.9. The Labute approximate surface area is 123 Å². The van der Waals surface area contributed by atoms with Crippen LogP contribution in [0.4, 0.5) is 0 Å². The molecule has 0 amide bonds. The summed E-state index contributed by atoms with van der Waals surface area (Å²) < 4.78 is 6.06. The first-order chi connectivity index (χ1) is 9.59. The lowest BCUT2D eigenvalue weighted by atomic mass is 9.76. The smallest absolute Gasteiger partial charge is 0.213 e. The molecule has 0 radical (unpaired) electrons. The number of hydrogen-bond donors (Lipinski definition) is 1. The third-order valence-corrected chi connectivity index (χ3v) is 4.13. The van der Waals surface area contributed by atoms with E-state index in [0.717, 1.165) is 38.2 Å². The van der Waals surface area contributed by atoms with Crippen molar-refractivity contribution in [3.63, 3.8) is 0 Å². The highest BCUT2D eigenvalue weighted by Crippen LogP contribution is 2.36. The van der Waals surface area contributed by atoms with E-state index in [1.165, 1.54) is 18.4 Å². The molecule has 1 aromatic heterocycles. The minimum atomic E-state index is 0.342. The third-order valence-electron chi connectivity index (χ3n) is 4.13. The van der Waals surface area contributed by atoms with Gasteiger partial charge in [0, 0.05) is 18.8 Å². The topological polar surface area (TPSA) is 34.2 Å². The van der Waals surface area contributed by atoms with Crippen molar-refractivity contribution in [3.8, 4) is 5.88 Å². The van der Waals surface area contributed by atoms with E-state index in [1.54, 1.807) is 0 Å². The fraction of sp³-hybridized carbons (Fsp3) is 0.706. The third kappa shape index (κ3) is 4.78. The maximum atomic E-state index is 6.06. The van der Waals surface area contributed by atoms with Crippen LogP contribution >= 0.6 is 0 Å². The first-order valence-corrected chi connectivity index (χ1v) is 7.91. The van der Waals surface area contributed by atoms with E-state index in [9.17, 15) is 0 Å². The molecule has 0 aliphatic heterocycles. The number of nitrogens with zero attached hydrogens (tertiary/aromatic N) is 1. The van der Waals surface area contributed by atoms with E-state index in [2.05, 4.69) is 43.2 Å². The SMILES string of the molecule is CCCNCc1ccnc(OC2CCC(C)(C)CC2)c1. The lowest BCUT2D eigenvalue weighted by Gasteiger charge is -2.34. The van der Waals surface area contributed by atoms with E-state index in [0.29, 0.717) is 11.5 Å². The van der Waals surface area contributed by atoms with Gasteiger partial charge < -0.3 is 10.1 Å². The monoisotopic (exact) mass is 276 g/mol. The highest BCUT2D eigenvalue weighted by Gasteiger charge is 2.27. The quantitative estimate of drug-likeness (QED) is 0.799. The van der Waals surface area contributed by atoms with Crippen LogP contribution in [0.15, 0.2) is 18.3 Å². The second-order valence-electron chi connectivity index (χ2n) is 6.66. The van der Waals surface area contributed by atoms with Crippen molar-refractivity contribution in [2.24, 2.45) is 5.41 Å². The summed E-state index contributed by atoms with van der Waals surface area (Å²) in [6.45, 7) is 8.82. The molecule has 20 heavy (non-hydrogen) atoms. The van der Waals surface area contributed by atoms with Gasteiger partial charge in [-0.1, -0.05) is 20.8 Å². The summed E-state index contributed by atoms with van der Waals surface area (Å²) in [5.41, 5.74) is 1.73. The first kappa shape index (κ1) is 15.3. The van der Waals surface area contributed by atoms with Crippen molar-refractivity contribution < 1.29 is 4.74 Å². The number of pyridine rings is 1. The van der Waals surface area contributed by atoms with Gasteiger partial charge in [-0.15, -0.1) is 0 Å². The Hall–Kier alpha value is -1.09. The predicted octanol–water partition coefficient (Wildman–Crippen LogP) is 3.93.